The molecule has 1 unspecified atom stereocenters. The normalized spacial score (nSPS) is 20.1. The molecule has 1 aromatic heterocycles. The average Bonchev–Trinajstić information content (AvgIpc) is 2.76. The molecule has 1 fully saturated rings. The summed E-state index contributed by atoms with van der Waals surface area (Å²) < 4.78 is 0. The van der Waals surface area contributed by atoms with Crippen LogP contribution in [-0.4, -0.2) is 45.6 Å². The van der Waals surface area contributed by atoms with Crippen molar-refractivity contribution in [3.8, 4) is 0 Å². The molecular weight excluding hydrogens is 230 g/mol. The fourth-order valence-corrected chi connectivity index (χ4v) is 1.92. The number of aromatic nitrogens is 2. The van der Waals surface area contributed by atoms with Crippen molar-refractivity contribution in [2.24, 2.45) is 5.92 Å². The molecule has 1 N–H and O–H groups in total. The molecule has 2 heterocycles. The molecular formula is C10H12ClN3O2. The zero-order valence-corrected chi connectivity index (χ0v) is 9.39. The van der Waals surface area contributed by atoms with E-state index in [2.05, 4.69) is 9.97 Å². The Bertz CT molecular complexity index is 399. The fourth-order valence-electron chi connectivity index (χ4n) is 1.77. The van der Waals surface area contributed by atoms with Crippen molar-refractivity contribution in [3.63, 3.8) is 0 Å². The molecule has 1 saturated heterocycles. The van der Waals surface area contributed by atoms with E-state index < -0.39 is 0 Å². The van der Waals surface area contributed by atoms with E-state index >= 15 is 0 Å². The molecule has 1 aromatic rings. The van der Waals surface area contributed by atoms with Crippen LogP contribution >= 0.6 is 11.6 Å². The molecule has 5 nitrogen and oxygen atoms in total. The van der Waals surface area contributed by atoms with Gasteiger partial charge in [0.15, 0.2) is 0 Å². The van der Waals surface area contributed by atoms with Crippen LogP contribution in [0.15, 0.2) is 12.4 Å². The highest BCUT2D eigenvalue weighted by Gasteiger charge is 2.27. The Morgan fingerprint density at radius 3 is 3.06 bits per heavy atom. The van der Waals surface area contributed by atoms with Gasteiger partial charge in [0, 0.05) is 25.6 Å². The van der Waals surface area contributed by atoms with Crippen LogP contribution < -0.4 is 0 Å². The van der Waals surface area contributed by atoms with Gasteiger partial charge in [-0.05, 0) is 6.42 Å². The molecule has 1 aliphatic heterocycles. The third-order valence-corrected chi connectivity index (χ3v) is 2.84. The van der Waals surface area contributed by atoms with E-state index in [1.54, 1.807) is 4.90 Å². The van der Waals surface area contributed by atoms with E-state index in [0.29, 0.717) is 13.1 Å². The van der Waals surface area contributed by atoms with Crippen molar-refractivity contribution in [1.29, 1.82) is 0 Å². The number of likely N-dealkylation sites (tertiary alicyclic amines) is 1. The molecule has 16 heavy (non-hydrogen) atoms. The van der Waals surface area contributed by atoms with E-state index in [-0.39, 0.29) is 29.3 Å². The van der Waals surface area contributed by atoms with Gasteiger partial charge in [0.05, 0.1) is 12.4 Å². The number of halogens is 1. The third kappa shape index (κ3) is 2.31. The molecule has 0 bridgehead atoms. The number of aliphatic hydroxyl groups is 1. The summed E-state index contributed by atoms with van der Waals surface area (Å²) in [4.78, 5) is 21.4. The number of rotatable bonds is 2. The van der Waals surface area contributed by atoms with E-state index in [1.165, 1.54) is 12.4 Å². The number of hydrogen-bond donors (Lipinski definition) is 1. The predicted octanol–water partition coefficient (Wildman–Crippen LogP) is 0.584. The minimum atomic E-state index is -0.175. The minimum absolute atomic E-state index is 0.116. The SMILES string of the molecule is O=C(c1cncc(Cl)n1)N1CCC(CO)C1. The minimum Gasteiger partial charge on any atom is -0.396 e. The van der Waals surface area contributed by atoms with Crippen molar-refractivity contribution in [2.75, 3.05) is 19.7 Å². The summed E-state index contributed by atoms with van der Waals surface area (Å²) in [5.74, 6) is 0.00189. The first-order chi connectivity index (χ1) is 7.70. The average molecular weight is 242 g/mol. The van der Waals surface area contributed by atoms with E-state index in [9.17, 15) is 4.79 Å². The van der Waals surface area contributed by atoms with Crippen molar-refractivity contribution >= 4 is 17.5 Å². The lowest BCUT2D eigenvalue weighted by molar-refractivity contribution is 0.0775. The molecule has 0 aliphatic carbocycles. The van der Waals surface area contributed by atoms with Crippen LogP contribution in [0.25, 0.3) is 0 Å². The summed E-state index contributed by atoms with van der Waals surface area (Å²) in [5.41, 5.74) is 0.256. The topological polar surface area (TPSA) is 66.3 Å². The number of amides is 1. The first-order valence-corrected chi connectivity index (χ1v) is 5.46. The summed E-state index contributed by atoms with van der Waals surface area (Å²) in [7, 11) is 0. The lowest BCUT2D eigenvalue weighted by atomic mass is 10.1. The molecule has 1 amide bonds. The molecule has 0 aromatic carbocycles. The Hall–Kier alpha value is -1.20. The number of hydrogen-bond acceptors (Lipinski definition) is 4. The maximum absolute atomic E-state index is 11.9. The zero-order chi connectivity index (χ0) is 11.5. The highest BCUT2D eigenvalue weighted by atomic mass is 35.5. The zero-order valence-electron chi connectivity index (χ0n) is 8.64. The molecule has 2 rings (SSSR count). The fraction of sp³-hybridized carbons (Fsp3) is 0.500. The summed E-state index contributed by atoms with van der Waals surface area (Å²) in [6, 6.07) is 0. The lowest BCUT2D eigenvalue weighted by Gasteiger charge is -2.15. The van der Waals surface area contributed by atoms with E-state index in [0.717, 1.165) is 6.42 Å². The smallest absolute Gasteiger partial charge is 0.274 e. The molecule has 6 heteroatoms. The standard InChI is InChI=1S/C10H12ClN3O2/c11-9-4-12-3-8(13-9)10(16)14-2-1-7(5-14)6-15/h3-4,7,15H,1-2,5-6H2. The molecule has 0 saturated carbocycles. The van der Waals surface area contributed by atoms with Gasteiger partial charge in [0.2, 0.25) is 0 Å². The molecule has 86 valence electrons. The first kappa shape index (κ1) is 11.3. The summed E-state index contributed by atoms with van der Waals surface area (Å²) in [5, 5.41) is 9.21. The van der Waals surface area contributed by atoms with Crippen LogP contribution in [0.1, 0.15) is 16.9 Å². The summed E-state index contributed by atoms with van der Waals surface area (Å²) >= 11 is 5.67. The van der Waals surface area contributed by atoms with Crippen LogP contribution in [0.2, 0.25) is 5.15 Å². The van der Waals surface area contributed by atoms with Gasteiger partial charge in [-0.3, -0.25) is 9.78 Å². The maximum atomic E-state index is 11.9. The molecule has 1 atom stereocenters. The largest absolute Gasteiger partial charge is 0.396 e. The van der Waals surface area contributed by atoms with Crippen molar-refractivity contribution in [2.45, 2.75) is 6.42 Å². The van der Waals surface area contributed by atoms with Gasteiger partial charge in [-0.15, -0.1) is 0 Å². The number of aliphatic hydroxyl groups excluding tert-OH is 1. The van der Waals surface area contributed by atoms with Crippen molar-refractivity contribution < 1.29 is 9.90 Å². The molecule has 0 spiro atoms. The van der Waals surface area contributed by atoms with Gasteiger partial charge in [-0.2, -0.15) is 0 Å². The van der Waals surface area contributed by atoms with Crippen LogP contribution in [-0.2, 0) is 0 Å². The Kier molecular flexibility index (Phi) is 3.36. The molecule has 1 aliphatic rings. The first-order valence-electron chi connectivity index (χ1n) is 5.08. The van der Waals surface area contributed by atoms with Crippen LogP contribution in [0.3, 0.4) is 0 Å². The Labute approximate surface area is 98.1 Å². The van der Waals surface area contributed by atoms with Crippen molar-refractivity contribution in [1.82, 2.24) is 14.9 Å². The van der Waals surface area contributed by atoms with Gasteiger partial charge >= 0.3 is 0 Å². The maximum Gasteiger partial charge on any atom is 0.274 e. The van der Waals surface area contributed by atoms with Gasteiger partial charge in [-0.25, -0.2) is 4.98 Å². The number of nitrogens with zero attached hydrogens (tertiary/aromatic N) is 3. The van der Waals surface area contributed by atoms with E-state index in [1.807, 2.05) is 0 Å². The second kappa shape index (κ2) is 4.76. The van der Waals surface area contributed by atoms with Gasteiger partial charge in [0.25, 0.3) is 5.91 Å². The predicted molar refractivity (Wildman–Crippen MR) is 58.1 cm³/mol. The van der Waals surface area contributed by atoms with Crippen LogP contribution in [0, 0.1) is 5.92 Å². The van der Waals surface area contributed by atoms with Crippen LogP contribution in [0.5, 0.6) is 0 Å². The lowest BCUT2D eigenvalue weighted by Crippen LogP contribution is -2.29. The van der Waals surface area contributed by atoms with Gasteiger partial charge < -0.3 is 10.0 Å². The summed E-state index contributed by atoms with van der Waals surface area (Å²) in [6.07, 6.45) is 3.62. The Morgan fingerprint density at radius 1 is 1.62 bits per heavy atom. The third-order valence-electron chi connectivity index (χ3n) is 2.66. The Morgan fingerprint density at radius 2 is 2.44 bits per heavy atom. The highest BCUT2D eigenvalue weighted by Crippen LogP contribution is 2.17. The number of carbonyl (C=O) groups is 1. The molecule has 0 radical (unpaired) electrons. The highest BCUT2D eigenvalue weighted by molar-refractivity contribution is 6.29. The monoisotopic (exact) mass is 241 g/mol. The Balaban J connectivity index is 2.08. The van der Waals surface area contributed by atoms with Crippen molar-refractivity contribution in [3.05, 3.63) is 23.2 Å². The van der Waals surface area contributed by atoms with E-state index in [4.69, 9.17) is 16.7 Å². The van der Waals surface area contributed by atoms with Gasteiger partial charge in [0.1, 0.15) is 10.8 Å². The van der Waals surface area contributed by atoms with Crippen LogP contribution in [0.4, 0.5) is 0 Å². The second-order valence-corrected chi connectivity index (χ2v) is 4.20. The number of carbonyl (C=O) groups excluding carboxylic acids is 1. The second-order valence-electron chi connectivity index (χ2n) is 3.82. The summed E-state index contributed by atoms with van der Waals surface area (Å²) in [6.45, 7) is 1.34. The van der Waals surface area contributed by atoms with Gasteiger partial charge in [-0.1, -0.05) is 11.6 Å². The quantitative estimate of drug-likeness (QED) is 0.823.